The molecule has 0 saturated heterocycles. The standard InChI is InChI=1S/C19H13FN2OS/c1-12-4-9-17-15(11-12)18(13-5-7-14(20)8-6-13)22-16-3-2-10-21-19(16)24(17)23/h2-11H,1H3. The molecular weight excluding hydrogens is 323 g/mol. The fraction of sp³-hybridized carbons (Fsp3) is 0.0526. The van der Waals surface area contributed by atoms with Crippen LogP contribution in [0.2, 0.25) is 0 Å². The largest absolute Gasteiger partial charge is 0.247 e. The summed E-state index contributed by atoms with van der Waals surface area (Å²) >= 11 is 0. The van der Waals surface area contributed by atoms with Gasteiger partial charge in [0.1, 0.15) is 16.6 Å². The predicted molar refractivity (Wildman–Crippen MR) is 91.8 cm³/mol. The molecule has 1 aromatic heterocycles. The highest BCUT2D eigenvalue weighted by Crippen LogP contribution is 2.33. The highest BCUT2D eigenvalue weighted by atomic mass is 32.2. The van der Waals surface area contributed by atoms with Crippen LogP contribution in [-0.2, 0) is 10.8 Å². The maximum atomic E-state index is 13.3. The van der Waals surface area contributed by atoms with Crippen LogP contribution in [0.4, 0.5) is 10.1 Å². The zero-order valence-electron chi connectivity index (χ0n) is 12.9. The van der Waals surface area contributed by atoms with Crippen LogP contribution >= 0.6 is 0 Å². The number of rotatable bonds is 1. The zero-order valence-corrected chi connectivity index (χ0v) is 13.7. The molecule has 5 heteroatoms. The summed E-state index contributed by atoms with van der Waals surface area (Å²) in [7, 11) is -1.41. The first-order valence-corrected chi connectivity index (χ1v) is 8.61. The number of hydrogen-bond acceptors (Lipinski definition) is 3. The van der Waals surface area contributed by atoms with Crippen LogP contribution in [-0.4, -0.2) is 14.9 Å². The molecule has 24 heavy (non-hydrogen) atoms. The number of pyridine rings is 1. The average molecular weight is 336 g/mol. The Balaban J connectivity index is 2.05. The molecule has 2 aromatic carbocycles. The van der Waals surface area contributed by atoms with Crippen molar-refractivity contribution in [3.63, 3.8) is 0 Å². The van der Waals surface area contributed by atoms with Crippen molar-refractivity contribution in [3.05, 3.63) is 83.3 Å². The van der Waals surface area contributed by atoms with Crippen LogP contribution in [0.15, 0.2) is 75.7 Å². The van der Waals surface area contributed by atoms with Crippen LogP contribution in [0.25, 0.3) is 0 Å². The molecule has 0 amide bonds. The summed E-state index contributed by atoms with van der Waals surface area (Å²) < 4.78 is 26.3. The van der Waals surface area contributed by atoms with Gasteiger partial charge in [-0.3, -0.25) is 0 Å². The first-order valence-electron chi connectivity index (χ1n) is 7.46. The fourth-order valence-corrected chi connectivity index (χ4v) is 3.93. The molecule has 0 saturated carbocycles. The van der Waals surface area contributed by atoms with Crippen molar-refractivity contribution in [2.45, 2.75) is 16.8 Å². The van der Waals surface area contributed by atoms with Gasteiger partial charge in [0.25, 0.3) is 0 Å². The quantitative estimate of drug-likeness (QED) is 0.523. The fourth-order valence-electron chi connectivity index (χ4n) is 2.71. The van der Waals surface area contributed by atoms with E-state index < -0.39 is 10.8 Å². The molecule has 1 aliphatic rings. The highest BCUT2D eigenvalue weighted by molar-refractivity contribution is 7.85. The number of benzene rings is 2. The molecule has 0 aliphatic carbocycles. The molecule has 0 N–H and O–H groups in total. The van der Waals surface area contributed by atoms with E-state index >= 15 is 0 Å². The second-order valence-electron chi connectivity index (χ2n) is 5.56. The number of aryl methyl sites for hydroxylation is 1. The summed E-state index contributed by atoms with van der Waals surface area (Å²) in [5.41, 5.74) is 3.85. The number of aromatic nitrogens is 1. The number of halogens is 1. The van der Waals surface area contributed by atoms with Gasteiger partial charge < -0.3 is 0 Å². The molecule has 118 valence electrons. The minimum Gasteiger partial charge on any atom is -0.247 e. The van der Waals surface area contributed by atoms with Crippen LogP contribution in [0.5, 0.6) is 0 Å². The van der Waals surface area contributed by atoms with Gasteiger partial charge in [0.2, 0.25) is 0 Å². The lowest BCUT2D eigenvalue weighted by molar-refractivity contribution is 0.628. The summed E-state index contributed by atoms with van der Waals surface area (Å²) in [4.78, 5) is 9.63. The Morgan fingerprint density at radius 3 is 2.62 bits per heavy atom. The lowest BCUT2D eigenvalue weighted by Gasteiger charge is -2.10. The summed E-state index contributed by atoms with van der Waals surface area (Å²) in [6.45, 7) is 1.97. The zero-order chi connectivity index (χ0) is 16.7. The topological polar surface area (TPSA) is 42.3 Å². The van der Waals surface area contributed by atoms with Crippen molar-refractivity contribution < 1.29 is 8.60 Å². The molecule has 0 radical (unpaired) electrons. The van der Waals surface area contributed by atoms with Crippen LogP contribution < -0.4 is 0 Å². The van der Waals surface area contributed by atoms with E-state index in [1.165, 1.54) is 12.1 Å². The molecule has 4 rings (SSSR count). The van der Waals surface area contributed by atoms with Gasteiger partial charge in [-0.05, 0) is 55.5 Å². The van der Waals surface area contributed by atoms with Gasteiger partial charge in [0.05, 0.1) is 16.3 Å². The SMILES string of the molecule is Cc1ccc2c(c1)C(c1ccc(F)cc1)=Nc1cccnc1S2=O. The van der Waals surface area contributed by atoms with Gasteiger partial charge in [-0.2, -0.15) is 0 Å². The number of hydrogen-bond donors (Lipinski definition) is 0. The molecule has 3 aromatic rings. The molecule has 1 atom stereocenters. The minimum atomic E-state index is -1.41. The van der Waals surface area contributed by atoms with Gasteiger partial charge in [-0.25, -0.2) is 18.6 Å². The normalized spacial score (nSPS) is 15.9. The van der Waals surface area contributed by atoms with E-state index in [9.17, 15) is 8.60 Å². The Kier molecular flexibility index (Phi) is 3.58. The smallest absolute Gasteiger partial charge is 0.157 e. The van der Waals surface area contributed by atoms with Gasteiger partial charge in [0.15, 0.2) is 5.03 Å². The monoisotopic (exact) mass is 336 g/mol. The van der Waals surface area contributed by atoms with Crippen molar-refractivity contribution in [3.8, 4) is 0 Å². The van der Waals surface area contributed by atoms with E-state index in [-0.39, 0.29) is 5.82 Å². The van der Waals surface area contributed by atoms with E-state index in [4.69, 9.17) is 4.99 Å². The predicted octanol–water partition coefficient (Wildman–Crippen LogP) is 4.18. The van der Waals surface area contributed by atoms with Crippen molar-refractivity contribution in [1.82, 2.24) is 4.98 Å². The van der Waals surface area contributed by atoms with E-state index in [1.807, 2.05) is 25.1 Å². The van der Waals surface area contributed by atoms with E-state index in [0.717, 1.165) is 16.7 Å². The Morgan fingerprint density at radius 1 is 1.04 bits per heavy atom. The highest BCUT2D eigenvalue weighted by Gasteiger charge is 2.24. The van der Waals surface area contributed by atoms with Crippen molar-refractivity contribution in [2.75, 3.05) is 0 Å². The summed E-state index contributed by atoms with van der Waals surface area (Å²) in [5.74, 6) is -0.303. The van der Waals surface area contributed by atoms with Crippen molar-refractivity contribution in [2.24, 2.45) is 4.99 Å². The Labute approximate surface area is 141 Å². The first-order chi connectivity index (χ1) is 11.6. The van der Waals surface area contributed by atoms with Gasteiger partial charge in [-0.1, -0.05) is 11.6 Å². The Bertz CT molecular complexity index is 997. The molecular formula is C19H13FN2OS. The maximum Gasteiger partial charge on any atom is 0.157 e. The van der Waals surface area contributed by atoms with Gasteiger partial charge >= 0.3 is 0 Å². The Morgan fingerprint density at radius 2 is 1.83 bits per heavy atom. The summed E-state index contributed by atoms with van der Waals surface area (Å²) in [5, 5.41) is 0.444. The molecule has 1 aliphatic heterocycles. The summed E-state index contributed by atoms with van der Waals surface area (Å²) in [6, 6.07) is 15.5. The molecule has 2 heterocycles. The van der Waals surface area contributed by atoms with Crippen LogP contribution in [0.1, 0.15) is 16.7 Å². The van der Waals surface area contributed by atoms with Crippen molar-refractivity contribution in [1.29, 1.82) is 0 Å². The number of fused-ring (bicyclic) bond motifs is 2. The third kappa shape index (κ3) is 2.47. The van der Waals surface area contributed by atoms with Gasteiger partial charge in [0, 0.05) is 17.3 Å². The lowest BCUT2D eigenvalue weighted by Crippen LogP contribution is -2.07. The molecule has 0 spiro atoms. The Hall–Kier alpha value is -2.66. The molecule has 1 unspecified atom stereocenters. The molecule has 3 nitrogen and oxygen atoms in total. The van der Waals surface area contributed by atoms with E-state index in [1.54, 1.807) is 30.5 Å². The van der Waals surface area contributed by atoms with Crippen molar-refractivity contribution >= 4 is 22.2 Å². The summed E-state index contributed by atoms with van der Waals surface area (Å²) in [6.07, 6.45) is 1.61. The third-order valence-electron chi connectivity index (χ3n) is 3.87. The number of nitrogens with zero attached hydrogens (tertiary/aromatic N) is 2. The van der Waals surface area contributed by atoms with Crippen LogP contribution in [0.3, 0.4) is 0 Å². The van der Waals surface area contributed by atoms with E-state index in [0.29, 0.717) is 21.3 Å². The maximum absolute atomic E-state index is 13.3. The second-order valence-corrected chi connectivity index (χ2v) is 6.93. The lowest BCUT2D eigenvalue weighted by atomic mass is 10.0. The first kappa shape index (κ1) is 14.9. The van der Waals surface area contributed by atoms with Crippen LogP contribution in [0, 0.1) is 12.7 Å². The third-order valence-corrected chi connectivity index (χ3v) is 5.29. The molecule has 0 fully saturated rings. The molecule has 0 bridgehead atoms. The second kappa shape index (κ2) is 5.76. The number of aliphatic imine (C=N–C) groups is 1. The average Bonchev–Trinajstić information content (AvgIpc) is 2.71. The van der Waals surface area contributed by atoms with Gasteiger partial charge in [-0.15, -0.1) is 0 Å². The minimum absolute atomic E-state index is 0.303. The van der Waals surface area contributed by atoms with E-state index in [2.05, 4.69) is 4.98 Å².